The molecule has 0 unspecified atom stereocenters. The minimum atomic E-state index is -0.0866. The predicted octanol–water partition coefficient (Wildman–Crippen LogP) is 2.83. The van der Waals surface area contributed by atoms with Gasteiger partial charge in [0.15, 0.2) is 0 Å². The molecule has 1 fully saturated rings. The fourth-order valence-electron chi connectivity index (χ4n) is 2.59. The lowest BCUT2D eigenvalue weighted by Gasteiger charge is -2.35. The van der Waals surface area contributed by atoms with Gasteiger partial charge in [-0.25, -0.2) is 0 Å². The predicted molar refractivity (Wildman–Crippen MR) is 76.2 cm³/mol. The first-order valence-electron chi connectivity index (χ1n) is 6.95. The van der Waals surface area contributed by atoms with Crippen LogP contribution in [0.2, 0.25) is 0 Å². The Bertz CT molecular complexity index is 472. The third kappa shape index (κ3) is 3.27. The molecular weight excluding hydrogens is 236 g/mol. The third-order valence-electron chi connectivity index (χ3n) is 4.02. The van der Waals surface area contributed by atoms with Gasteiger partial charge in [-0.05, 0) is 44.4 Å². The summed E-state index contributed by atoms with van der Waals surface area (Å²) < 4.78 is 5.37. The Morgan fingerprint density at radius 2 is 2.21 bits per heavy atom. The summed E-state index contributed by atoms with van der Waals surface area (Å²) in [5, 5.41) is 12.6. The number of nitrogens with zero attached hydrogens (tertiary/aromatic N) is 1. The van der Waals surface area contributed by atoms with Crippen molar-refractivity contribution >= 4 is 0 Å². The van der Waals surface area contributed by atoms with E-state index in [1.807, 2.05) is 6.07 Å². The SMILES string of the molecule is COc1ccc(C)cc1CCNCC1(C#N)CCC1. The van der Waals surface area contributed by atoms with Crippen LogP contribution in [0, 0.1) is 23.7 Å². The van der Waals surface area contributed by atoms with Crippen LogP contribution in [0.25, 0.3) is 0 Å². The number of benzene rings is 1. The molecule has 1 aromatic rings. The monoisotopic (exact) mass is 258 g/mol. The van der Waals surface area contributed by atoms with Gasteiger partial charge in [-0.2, -0.15) is 5.26 Å². The topological polar surface area (TPSA) is 45.0 Å². The molecule has 1 aromatic carbocycles. The Balaban J connectivity index is 1.83. The van der Waals surface area contributed by atoms with Crippen LogP contribution in [-0.2, 0) is 6.42 Å². The molecule has 0 aliphatic heterocycles. The second-order valence-corrected chi connectivity index (χ2v) is 5.49. The lowest BCUT2D eigenvalue weighted by atomic mass is 9.70. The highest BCUT2D eigenvalue weighted by Crippen LogP contribution is 2.39. The van der Waals surface area contributed by atoms with Gasteiger partial charge in [0, 0.05) is 6.54 Å². The molecule has 0 radical (unpaired) electrons. The molecule has 2 rings (SSSR count). The van der Waals surface area contributed by atoms with Crippen LogP contribution in [0.1, 0.15) is 30.4 Å². The van der Waals surface area contributed by atoms with Crippen LogP contribution in [0.4, 0.5) is 0 Å². The molecule has 19 heavy (non-hydrogen) atoms. The maximum atomic E-state index is 9.16. The first-order chi connectivity index (χ1) is 9.19. The minimum absolute atomic E-state index is 0.0866. The van der Waals surface area contributed by atoms with Gasteiger partial charge in [0.1, 0.15) is 5.75 Å². The second kappa shape index (κ2) is 6.08. The molecule has 0 aromatic heterocycles. The maximum absolute atomic E-state index is 9.16. The smallest absolute Gasteiger partial charge is 0.122 e. The van der Waals surface area contributed by atoms with Crippen LogP contribution in [-0.4, -0.2) is 20.2 Å². The van der Waals surface area contributed by atoms with Crippen molar-refractivity contribution in [2.45, 2.75) is 32.6 Å². The van der Waals surface area contributed by atoms with Crippen molar-refractivity contribution in [1.29, 1.82) is 5.26 Å². The summed E-state index contributed by atoms with van der Waals surface area (Å²) in [5.74, 6) is 0.950. The molecule has 0 heterocycles. The molecule has 0 spiro atoms. The third-order valence-corrected chi connectivity index (χ3v) is 4.02. The summed E-state index contributed by atoms with van der Waals surface area (Å²) in [6.45, 7) is 3.80. The summed E-state index contributed by atoms with van der Waals surface area (Å²) in [6.07, 6.45) is 4.22. The number of hydrogen-bond acceptors (Lipinski definition) is 3. The number of ether oxygens (including phenoxy) is 1. The van der Waals surface area contributed by atoms with Crippen LogP contribution >= 0.6 is 0 Å². The summed E-state index contributed by atoms with van der Waals surface area (Å²) in [6, 6.07) is 8.71. The van der Waals surface area contributed by atoms with E-state index < -0.39 is 0 Å². The summed E-state index contributed by atoms with van der Waals surface area (Å²) in [4.78, 5) is 0. The zero-order valence-corrected chi connectivity index (χ0v) is 11.8. The average Bonchev–Trinajstić information content (AvgIpc) is 2.37. The molecule has 1 aliphatic carbocycles. The fourth-order valence-corrected chi connectivity index (χ4v) is 2.59. The minimum Gasteiger partial charge on any atom is -0.496 e. The zero-order valence-electron chi connectivity index (χ0n) is 11.8. The quantitative estimate of drug-likeness (QED) is 0.798. The normalized spacial score (nSPS) is 16.5. The van der Waals surface area contributed by atoms with Crippen LogP contribution in [0.5, 0.6) is 5.75 Å². The van der Waals surface area contributed by atoms with Crippen LogP contribution in [0.15, 0.2) is 18.2 Å². The van der Waals surface area contributed by atoms with Gasteiger partial charge in [-0.1, -0.05) is 24.1 Å². The highest BCUT2D eigenvalue weighted by Gasteiger charge is 2.36. The fraction of sp³-hybridized carbons (Fsp3) is 0.562. The van der Waals surface area contributed by atoms with Crippen LogP contribution in [0.3, 0.4) is 0 Å². The Morgan fingerprint density at radius 1 is 1.42 bits per heavy atom. The Kier molecular flexibility index (Phi) is 4.44. The zero-order chi connectivity index (χ0) is 13.7. The molecule has 3 heteroatoms. The van der Waals surface area contributed by atoms with Gasteiger partial charge in [-0.3, -0.25) is 0 Å². The number of rotatable bonds is 6. The van der Waals surface area contributed by atoms with E-state index >= 15 is 0 Å². The van der Waals surface area contributed by atoms with Crippen molar-refractivity contribution in [1.82, 2.24) is 5.32 Å². The Hall–Kier alpha value is -1.53. The summed E-state index contributed by atoms with van der Waals surface area (Å²) in [7, 11) is 1.71. The molecule has 3 nitrogen and oxygen atoms in total. The molecule has 1 saturated carbocycles. The van der Waals surface area contributed by atoms with E-state index in [1.54, 1.807) is 7.11 Å². The van der Waals surface area contributed by atoms with E-state index in [0.29, 0.717) is 0 Å². The largest absolute Gasteiger partial charge is 0.496 e. The van der Waals surface area contributed by atoms with Crippen molar-refractivity contribution in [2.75, 3.05) is 20.2 Å². The molecular formula is C16H22N2O. The number of nitriles is 1. The van der Waals surface area contributed by atoms with Crippen molar-refractivity contribution < 1.29 is 4.74 Å². The number of aryl methyl sites for hydroxylation is 1. The van der Waals surface area contributed by atoms with E-state index in [4.69, 9.17) is 10.00 Å². The maximum Gasteiger partial charge on any atom is 0.122 e. The van der Waals surface area contributed by atoms with E-state index in [9.17, 15) is 0 Å². The van der Waals surface area contributed by atoms with E-state index in [1.165, 1.54) is 17.5 Å². The number of nitrogens with one attached hydrogen (secondary N) is 1. The second-order valence-electron chi connectivity index (χ2n) is 5.49. The van der Waals surface area contributed by atoms with Gasteiger partial charge in [-0.15, -0.1) is 0 Å². The molecule has 0 bridgehead atoms. The number of methoxy groups -OCH3 is 1. The number of hydrogen-bond donors (Lipinski definition) is 1. The first-order valence-corrected chi connectivity index (χ1v) is 6.95. The van der Waals surface area contributed by atoms with Crippen LogP contribution < -0.4 is 10.1 Å². The van der Waals surface area contributed by atoms with Gasteiger partial charge in [0.05, 0.1) is 18.6 Å². The molecule has 0 atom stereocenters. The highest BCUT2D eigenvalue weighted by atomic mass is 16.5. The first kappa shape index (κ1) is 13.9. The lowest BCUT2D eigenvalue weighted by Crippen LogP contribution is -2.39. The van der Waals surface area contributed by atoms with E-state index in [2.05, 4.69) is 30.4 Å². The molecule has 102 valence electrons. The standard InChI is InChI=1S/C16H22N2O/c1-13-4-5-15(19-2)14(10-13)6-9-18-12-16(11-17)7-3-8-16/h4-5,10,18H,3,6-9,12H2,1-2H3. The Labute approximate surface area is 115 Å². The average molecular weight is 258 g/mol. The molecule has 1 N–H and O–H groups in total. The van der Waals surface area contributed by atoms with E-state index in [-0.39, 0.29) is 5.41 Å². The van der Waals surface area contributed by atoms with Crippen molar-refractivity contribution in [3.63, 3.8) is 0 Å². The van der Waals surface area contributed by atoms with Crippen molar-refractivity contribution in [3.05, 3.63) is 29.3 Å². The van der Waals surface area contributed by atoms with Gasteiger partial charge in [0.25, 0.3) is 0 Å². The lowest BCUT2D eigenvalue weighted by molar-refractivity contribution is 0.208. The summed E-state index contributed by atoms with van der Waals surface area (Å²) in [5.41, 5.74) is 2.40. The summed E-state index contributed by atoms with van der Waals surface area (Å²) >= 11 is 0. The van der Waals surface area contributed by atoms with Crippen molar-refractivity contribution in [3.8, 4) is 11.8 Å². The Morgan fingerprint density at radius 3 is 2.79 bits per heavy atom. The van der Waals surface area contributed by atoms with Crippen molar-refractivity contribution in [2.24, 2.45) is 5.41 Å². The molecule has 0 amide bonds. The molecule has 0 saturated heterocycles. The molecule has 1 aliphatic rings. The highest BCUT2D eigenvalue weighted by molar-refractivity contribution is 5.37. The van der Waals surface area contributed by atoms with Gasteiger partial charge >= 0.3 is 0 Å². The van der Waals surface area contributed by atoms with Gasteiger partial charge in [0.2, 0.25) is 0 Å². The van der Waals surface area contributed by atoms with Gasteiger partial charge < -0.3 is 10.1 Å². The van der Waals surface area contributed by atoms with E-state index in [0.717, 1.165) is 38.1 Å².